The zero-order valence-corrected chi connectivity index (χ0v) is 11.9. The van der Waals surface area contributed by atoms with E-state index in [9.17, 15) is 9.59 Å². The van der Waals surface area contributed by atoms with Gasteiger partial charge in [-0.1, -0.05) is 16.3 Å². The maximum atomic E-state index is 11.9. The molecule has 3 N–H and O–H groups in total. The van der Waals surface area contributed by atoms with Crippen molar-refractivity contribution >= 4 is 23.3 Å². The van der Waals surface area contributed by atoms with Crippen LogP contribution in [-0.4, -0.2) is 17.8 Å². The molecule has 0 bridgehead atoms. The van der Waals surface area contributed by atoms with Crippen LogP contribution in [0.4, 0.5) is 5.69 Å². The summed E-state index contributed by atoms with van der Waals surface area (Å²) in [5.74, 6) is -0.653. The molecule has 0 fully saturated rings. The molecule has 0 atom stereocenters. The number of nitrogens with two attached hydrogens (primary N) is 1. The van der Waals surface area contributed by atoms with E-state index in [1.165, 1.54) is 11.8 Å². The van der Waals surface area contributed by atoms with E-state index < -0.39 is 11.5 Å². The highest BCUT2D eigenvalue weighted by Gasteiger charge is 2.22. The van der Waals surface area contributed by atoms with Gasteiger partial charge in [-0.3, -0.25) is 4.79 Å². The first-order chi connectivity index (χ1) is 9.02. The van der Waals surface area contributed by atoms with Gasteiger partial charge in [0.05, 0.1) is 7.11 Å². The van der Waals surface area contributed by atoms with E-state index in [1.807, 2.05) is 0 Å². The van der Waals surface area contributed by atoms with Crippen molar-refractivity contribution in [1.82, 2.24) is 4.68 Å². The number of nitrogen functional groups attached to an aromatic ring is 1. The number of carbonyl (C=O) groups excluding carboxylic acids is 1. The molecule has 0 unspecified atom stereocenters. The van der Waals surface area contributed by atoms with Gasteiger partial charge in [-0.25, -0.2) is 4.79 Å². The minimum absolute atomic E-state index is 0. The molecule has 0 saturated heterocycles. The van der Waals surface area contributed by atoms with E-state index in [4.69, 9.17) is 17.3 Å². The topological polar surface area (TPSA) is 88.5 Å². The summed E-state index contributed by atoms with van der Waals surface area (Å²) in [5, 5.41) is 3.17. The SMILES string of the molecule is COC(=O)c1[nH+]n(-c2ccc(Cl)cc2)c(=O)cc1N.[Cl-]. The quantitative estimate of drug-likeness (QED) is 0.630. The van der Waals surface area contributed by atoms with Gasteiger partial charge in [-0.15, -0.1) is 5.10 Å². The Morgan fingerprint density at radius 2 is 1.95 bits per heavy atom. The molecule has 1 heterocycles. The number of carbonyl (C=O) groups is 1. The first kappa shape index (κ1) is 16.0. The Bertz CT molecular complexity index is 683. The Morgan fingerprint density at radius 1 is 1.35 bits per heavy atom. The maximum absolute atomic E-state index is 11.9. The van der Waals surface area contributed by atoms with Crippen LogP contribution in [0, 0.1) is 0 Å². The van der Waals surface area contributed by atoms with Gasteiger partial charge >= 0.3 is 17.2 Å². The van der Waals surface area contributed by atoms with Crippen molar-refractivity contribution in [2.45, 2.75) is 0 Å². The normalized spacial score (nSPS) is 9.70. The molecule has 0 aliphatic rings. The number of halogens is 2. The molecular weight excluding hydrogens is 305 g/mol. The predicted octanol–water partition coefficient (Wildman–Crippen LogP) is -2.32. The van der Waals surface area contributed by atoms with E-state index in [1.54, 1.807) is 24.3 Å². The number of esters is 1. The van der Waals surface area contributed by atoms with Crippen LogP contribution in [0.2, 0.25) is 5.02 Å². The fourth-order valence-corrected chi connectivity index (χ4v) is 1.67. The Kier molecular flexibility index (Phi) is 5.12. The highest BCUT2D eigenvalue weighted by Crippen LogP contribution is 2.11. The Labute approximate surface area is 125 Å². The lowest BCUT2D eigenvalue weighted by molar-refractivity contribution is -0.485. The number of aromatic nitrogens is 2. The molecule has 1 aromatic carbocycles. The van der Waals surface area contributed by atoms with Crippen LogP contribution in [0.25, 0.3) is 5.69 Å². The number of rotatable bonds is 2. The van der Waals surface area contributed by atoms with Gasteiger partial charge in [0.25, 0.3) is 0 Å². The van der Waals surface area contributed by atoms with Crippen LogP contribution < -0.4 is 28.8 Å². The number of nitrogens with zero attached hydrogens (tertiary/aromatic N) is 1. The molecule has 0 radical (unpaired) electrons. The molecule has 20 heavy (non-hydrogen) atoms. The highest BCUT2D eigenvalue weighted by molar-refractivity contribution is 6.30. The van der Waals surface area contributed by atoms with Crippen LogP contribution in [0.1, 0.15) is 10.5 Å². The predicted molar refractivity (Wildman–Crippen MR) is 69.4 cm³/mol. The Morgan fingerprint density at radius 3 is 2.50 bits per heavy atom. The average molecular weight is 316 g/mol. The minimum atomic E-state index is -0.653. The summed E-state index contributed by atoms with van der Waals surface area (Å²) in [5.41, 5.74) is 5.77. The number of anilines is 1. The van der Waals surface area contributed by atoms with Gasteiger partial charge in [0.1, 0.15) is 11.4 Å². The van der Waals surface area contributed by atoms with Crippen molar-refractivity contribution in [3.05, 3.63) is 51.4 Å². The fraction of sp³-hybridized carbons (Fsp3) is 0.0833. The van der Waals surface area contributed by atoms with Crippen molar-refractivity contribution in [1.29, 1.82) is 0 Å². The lowest BCUT2D eigenvalue weighted by Gasteiger charge is -2.02. The Balaban J connectivity index is 0.00000200. The van der Waals surface area contributed by atoms with E-state index in [0.29, 0.717) is 10.7 Å². The van der Waals surface area contributed by atoms with Crippen LogP contribution in [0.15, 0.2) is 35.1 Å². The van der Waals surface area contributed by atoms with Crippen LogP contribution in [0.3, 0.4) is 0 Å². The number of nitrogens with one attached hydrogen (secondary N) is 1. The first-order valence-electron chi connectivity index (χ1n) is 5.32. The fourth-order valence-electron chi connectivity index (χ4n) is 1.55. The lowest BCUT2D eigenvalue weighted by Crippen LogP contribution is -3.00. The summed E-state index contributed by atoms with van der Waals surface area (Å²) in [4.78, 5) is 23.4. The molecule has 0 saturated carbocycles. The van der Waals surface area contributed by atoms with Crippen molar-refractivity contribution in [3.8, 4) is 5.69 Å². The lowest BCUT2D eigenvalue weighted by atomic mass is 10.3. The molecule has 0 spiro atoms. The van der Waals surface area contributed by atoms with E-state index in [0.717, 1.165) is 6.07 Å². The van der Waals surface area contributed by atoms with Crippen molar-refractivity contribution < 1.29 is 27.0 Å². The number of benzene rings is 1. The summed E-state index contributed by atoms with van der Waals surface area (Å²) in [6.07, 6.45) is 0. The third kappa shape index (κ3) is 3.09. The van der Waals surface area contributed by atoms with E-state index in [2.05, 4.69) is 9.84 Å². The molecule has 0 aliphatic carbocycles. The zero-order chi connectivity index (χ0) is 14.0. The number of H-pyrrole nitrogens is 1. The number of hydrogen-bond donors (Lipinski definition) is 1. The second-order valence-corrected chi connectivity index (χ2v) is 4.16. The molecule has 0 amide bonds. The molecule has 2 rings (SSSR count). The van der Waals surface area contributed by atoms with E-state index in [-0.39, 0.29) is 23.8 Å². The molecule has 8 heteroatoms. The molecule has 1 aromatic heterocycles. The maximum Gasteiger partial charge on any atom is 0.407 e. The van der Waals surface area contributed by atoms with Crippen LogP contribution >= 0.6 is 11.6 Å². The number of hydrogen-bond acceptors (Lipinski definition) is 4. The third-order valence-corrected chi connectivity index (χ3v) is 2.74. The van der Waals surface area contributed by atoms with Crippen LogP contribution in [-0.2, 0) is 4.74 Å². The van der Waals surface area contributed by atoms with E-state index >= 15 is 0 Å². The first-order valence-corrected chi connectivity index (χ1v) is 5.70. The minimum Gasteiger partial charge on any atom is -1.00 e. The zero-order valence-electron chi connectivity index (χ0n) is 10.4. The second-order valence-electron chi connectivity index (χ2n) is 3.73. The molecular formula is C12H11Cl2N3O3. The second kappa shape index (κ2) is 6.40. The largest absolute Gasteiger partial charge is 1.00 e. The summed E-state index contributed by atoms with van der Waals surface area (Å²) < 4.78 is 5.76. The molecule has 106 valence electrons. The monoisotopic (exact) mass is 315 g/mol. The van der Waals surface area contributed by atoms with Gasteiger partial charge in [0.2, 0.25) is 0 Å². The van der Waals surface area contributed by atoms with Gasteiger partial charge < -0.3 is 22.9 Å². The number of methoxy groups -OCH3 is 1. The standard InChI is InChI=1S/C12H10ClN3O3.ClH/c1-19-12(18)11-9(14)6-10(17)16(15-11)8-4-2-7(13)3-5-8;/h2-6H,14H2,1H3;1H. The smallest absolute Gasteiger partial charge is 0.407 e. The summed E-state index contributed by atoms with van der Waals surface area (Å²) >= 11 is 5.78. The molecule has 2 aromatic rings. The molecule has 6 nitrogen and oxygen atoms in total. The number of ether oxygens (including phenoxy) is 1. The average Bonchev–Trinajstić information content (AvgIpc) is 2.39. The van der Waals surface area contributed by atoms with Gasteiger partial charge in [0.15, 0.2) is 0 Å². The third-order valence-electron chi connectivity index (χ3n) is 2.49. The summed E-state index contributed by atoms with van der Waals surface area (Å²) in [7, 11) is 1.23. The summed E-state index contributed by atoms with van der Waals surface area (Å²) in [6.45, 7) is 0. The van der Waals surface area contributed by atoms with Gasteiger partial charge in [-0.2, -0.15) is 0 Å². The number of aromatic amines is 1. The van der Waals surface area contributed by atoms with Crippen molar-refractivity contribution in [3.63, 3.8) is 0 Å². The Hall–Kier alpha value is -2.05. The highest BCUT2D eigenvalue weighted by atomic mass is 35.5. The van der Waals surface area contributed by atoms with Crippen molar-refractivity contribution in [2.75, 3.05) is 12.8 Å². The van der Waals surface area contributed by atoms with Crippen molar-refractivity contribution in [2.24, 2.45) is 0 Å². The van der Waals surface area contributed by atoms with Gasteiger partial charge in [0, 0.05) is 11.1 Å². The van der Waals surface area contributed by atoms with Gasteiger partial charge in [-0.05, 0) is 24.3 Å². The molecule has 0 aliphatic heterocycles. The van der Waals surface area contributed by atoms with Crippen LogP contribution in [0.5, 0.6) is 0 Å². The summed E-state index contributed by atoms with van der Waals surface area (Å²) in [6, 6.07) is 7.68.